The summed E-state index contributed by atoms with van der Waals surface area (Å²) in [4.78, 5) is 16.9. The molecule has 2 N–H and O–H groups in total. The van der Waals surface area contributed by atoms with Crippen LogP contribution < -0.4 is 5.73 Å². The molecule has 0 bridgehead atoms. The van der Waals surface area contributed by atoms with E-state index in [-0.39, 0.29) is 0 Å². The minimum atomic E-state index is 0.296. The van der Waals surface area contributed by atoms with Gasteiger partial charge in [0.15, 0.2) is 0 Å². The van der Waals surface area contributed by atoms with Crippen LogP contribution in [0.3, 0.4) is 0 Å². The Hall–Kier alpha value is -0.610. The summed E-state index contributed by atoms with van der Waals surface area (Å²) in [5, 5.41) is 0. The van der Waals surface area contributed by atoms with Crippen LogP contribution in [0.25, 0.3) is 0 Å². The first-order chi connectivity index (χ1) is 9.47. The van der Waals surface area contributed by atoms with E-state index in [1.807, 2.05) is 4.90 Å². The molecular weight excluding hydrogens is 250 g/mol. The molecule has 0 aliphatic carbocycles. The summed E-state index contributed by atoms with van der Waals surface area (Å²) < 4.78 is 0. The van der Waals surface area contributed by atoms with Gasteiger partial charge in [-0.1, -0.05) is 20.8 Å². The molecule has 0 spiro atoms. The molecule has 2 atom stereocenters. The fourth-order valence-corrected chi connectivity index (χ4v) is 2.98. The van der Waals surface area contributed by atoms with Crippen molar-refractivity contribution in [3.63, 3.8) is 0 Å². The number of amides is 1. The Labute approximate surface area is 124 Å². The van der Waals surface area contributed by atoms with Crippen LogP contribution >= 0.6 is 0 Å². The largest absolute Gasteiger partial charge is 0.340 e. The number of nitrogens with zero attached hydrogens (tertiary/aromatic N) is 2. The van der Waals surface area contributed by atoms with Gasteiger partial charge in [0.05, 0.1) is 0 Å². The lowest BCUT2D eigenvalue weighted by Gasteiger charge is -2.38. The molecule has 4 heteroatoms. The monoisotopic (exact) mass is 283 g/mol. The molecular formula is C16H33N3O. The second-order valence-electron chi connectivity index (χ2n) is 6.61. The fraction of sp³-hybridized carbons (Fsp3) is 0.938. The minimum Gasteiger partial charge on any atom is -0.340 e. The van der Waals surface area contributed by atoms with Gasteiger partial charge in [0, 0.05) is 38.6 Å². The molecule has 1 aliphatic heterocycles. The first-order valence-corrected chi connectivity index (χ1v) is 8.19. The first kappa shape index (κ1) is 17.4. The van der Waals surface area contributed by atoms with Crippen molar-refractivity contribution in [2.45, 2.75) is 53.0 Å². The van der Waals surface area contributed by atoms with E-state index in [1.54, 1.807) is 0 Å². The summed E-state index contributed by atoms with van der Waals surface area (Å²) >= 11 is 0. The topological polar surface area (TPSA) is 49.6 Å². The Morgan fingerprint density at radius 2 is 1.75 bits per heavy atom. The number of nitrogens with two attached hydrogens (primary N) is 1. The van der Waals surface area contributed by atoms with Crippen LogP contribution in [0.2, 0.25) is 0 Å². The fourth-order valence-electron chi connectivity index (χ4n) is 2.98. The van der Waals surface area contributed by atoms with Gasteiger partial charge in [0.1, 0.15) is 0 Å². The average Bonchev–Trinajstić information content (AvgIpc) is 2.45. The van der Waals surface area contributed by atoms with Gasteiger partial charge in [-0.15, -0.1) is 0 Å². The van der Waals surface area contributed by atoms with Crippen LogP contribution in [0.4, 0.5) is 0 Å². The smallest absolute Gasteiger partial charge is 0.222 e. The highest BCUT2D eigenvalue weighted by atomic mass is 16.2. The zero-order valence-corrected chi connectivity index (χ0v) is 13.8. The van der Waals surface area contributed by atoms with E-state index in [1.165, 1.54) is 6.42 Å². The van der Waals surface area contributed by atoms with E-state index in [4.69, 9.17) is 5.73 Å². The Kier molecular flexibility index (Phi) is 7.52. The third-order valence-corrected chi connectivity index (χ3v) is 4.48. The van der Waals surface area contributed by atoms with Gasteiger partial charge < -0.3 is 10.6 Å². The van der Waals surface area contributed by atoms with E-state index in [0.29, 0.717) is 36.8 Å². The van der Waals surface area contributed by atoms with Gasteiger partial charge in [-0.2, -0.15) is 0 Å². The Morgan fingerprint density at radius 3 is 2.20 bits per heavy atom. The van der Waals surface area contributed by atoms with Crippen molar-refractivity contribution in [1.82, 2.24) is 9.80 Å². The summed E-state index contributed by atoms with van der Waals surface area (Å²) in [6.45, 7) is 13.3. The first-order valence-electron chi connectivity index (χ1n) is 8.19. The molecule has 1 aliphatic rings. The summed E-state index contributed by atoms with van der Waals surface area (Å²) in [6, 6.07) is 0.630. The molecule has 1 saturated heterocycles. The highest BCUT2D eigenvalue weighted by molar-refractivity contribution is 5.76. The van der Waals surface area contributed by atoms with Crippen LogP contribution in [0.1, 0.15) is 47.0 Å². The molecule has 4 nitrogen and oxygen atoms in total. The third-order valence-electron chi connectivity index (χ3n) is 4.48. The van der Waals surface area contributed by atoms with Crippen molar-refractivity contribution in [1.29, 1.82) is 0 Å². The SMILES string of the molecule is CCC(C)N1CCN(C(=O)CC(CN)CC(C)C)CC1. The zero-order chi connectivity index (χ0) is 15.1. The maximum absolute atomic E-state index is 12.3. The van der Waals surface area contributed by atoms with Crippen molar-refractivity contribution in [2.75, 3.05) is 32.7 Å². The van der Waals surface area contributed by atoms with Crippen molar-refractivity contribution in [3.8, 4) is 0 Å². The molecule has 20 heavy (non-hydrogen) atoms. The van der Waals surface area contributed by atoms with Gasteiger partial charge in [-0.3, -0.25) is 9.69 Å². The van der Waals surface area contributed by atoms with Crippen LogP contribution in [0.15, 0.2) is 0 Å². The number of carbonyl (C=O) groups is 1. The van der Waals surface area contributed by atoms with Crippen LogP contribution in [-0.4, -0.2) is 54.5 Å². The summed E-state index contributed by atoms with van der Waals surface area (Å²) in [7, 11) is 0. The van der Waals surface area contributed by atoms with Crippen molar-refractivity contribution < 1.29 is 4.79 Å². The highest BCUT2D eigenvalue weighted by Crippen LogP contribution is 2.17. The molecule has 1 heterocycles. The lowest BCUT2D eigenvalue weighted by atomic mass is 9.93. The maximum atomic E-state index is 12.3. The van der Waals surface area contributed by atoms with Crippen LogP contribution in [0.5, 0.6) is 0 Å². The van der Waals surface area contributed by atoms with Gasteiger partial charge in [-0.05, 0) is 38.1 Å². The maximum Gasteiger partial charge on any atom is 0.222 e. The molecule has 1 amide bonds. The van der Waals surface area contributed by atoms with Gasteiger partial charge >= 0.3 is 0 Å². The molecule has 1 rings (SSSR count). The number of hydrogen-bond acceptors (Lipinski definition) is 3. The second-order valence-corrected chi connectivity index (χ2v) is 6.61. The van der Waals surface area contributed by atoms with Gasteiger partial charge in [0.2, 0.25) is 5.91 Å². The van der Waals surface area contributed by atoms with Crippen LogP contribution in [0, 0.1) is 11.8 Å². The van der Waals surface area contributed by atoms with Crippen molar-refractivity contribution >= 4 is 5.91 Å². The number of hydrogen-bond donors (Lipinski definition) is 1. The molecule has 0 aromatic carbocycles. The molecule has 1 fully saturated rings. The third kappa shape index (κ3) is 5.41. The Balaban J connectivity index is 2.38. The molecule has 2 unspecified atom stereocenters. The van der Waals surface area contributed by atoms with E-state index >= 15 is 0 Å². The van der Waals surface area contributed by atoms with Crippen molar-refractivity contribution in [3.05, 3.63) is 0 Å². The number of piperazine rings is 1. The summed E-state index contributed by atoms with van der Waals surface area (Å²) in [6.07, 6.45) is 2.85. The average molecular weight is 283 g/mol. The van der Waals surface area contributed by atoms with Crippen molar-refractivity contribution in [2.24, 2.45) is 17.6 Å². The lowest BCUT2D eigenvalue weighted by molar-refractivity contribution is -0.134. The van der Waals surface area contributed by atoms with Crippen LogP contribution in [-0.2, 0) is 4.79 Å². The Bertz CT molecular complexity index is 285. The predicted octanol–water partition coefficient (Wildman–Crippen LogP) is 1.94. The quantitative estimate of drug-likeness (QED) is 0.777. The second kappa shape index (κ2) is 8.63. The standard InChI is InChI=1S/C16H33N3O/c1-5-14(4)18-6-8-19(9-7-18)16(20)11-15(12-17)10-13(2)3/h13-15H,5-12,17H2,1-4H3. The predicted molar refractivity (Wildman–Crippen MR) is 84.5 cm³/mol. The summed E-state index contributed by atoms with van der Waals surface area (Å²) in [5.41, 5.74) is 5.80. The minimum absolute atomic E-state index is 0.296. The molecule has 0 aromatic rings. The number of rotatable bonds is 7. The zero-order valence-electron chi connectivity index (χ0n) is 13.8. The molecule has 0 aromatic heterocycles. The normalized spacial score (nSPS) is 20.2. The van der Waals surface area contributed by atoms with E-state index in [2.05, 4.69) is 32.6 Å². The summed E-state index contributed by atoms with van der Waals surface area (Å²) in [5.74, 6) is 1.25. The highest BCUT2D eigenvalue weighted by Gasteiger charge is 2.24. The van der Waals surface area contributed by atoms with Gasteiger partial charge in [0.25, 0.3) is 0 Å². The van der Waals surface area contributed by atoms with E-state index < -0.39 is 0 Å². The Morgan fingerprint density at radius 1 is 1.15 bits per heavy atom. The lowest BCUT2D eigenvalue weighted by Crippen LogP contribution is -2.51. The molecule has 0 radical (unpaired) electrons. The van der Waals surface area contributed by atoms with Gasteiger partial charge in [-0.25, -0.2) is 0 Å². The van der Waals surface area contributed by atoms with E-state index in [0.717, 1.165) is 32.6 Å². The van der Waals surface area contributed by atoms with E-state index in [9.17, 15) is 4.79 Å². The molecule has 118 valence electrons. The number of carbonyl (C=O) groups excluding carboxylic acids is 1. The molecule has 0 saturated carbocycles.